The lowest BCUT2D eigenvalue weighted by Gasteiger charge is -2.17. The topological polar surface area (TPSA) is 54.9 Å². The second-order valence-corrected chi connectivity index (χ2v) is 5.81. The molecule has 1 amide bonds. The monoisotopic (exact) mass is 313 g/mol. The number of nitrogens with one attached hydrogen (secondary N) is 1. The van der Waals surface area contributed by atoms with Crippen LogP contribution >= 0.6 is 0 Å². The third kappa shape index (κ3) is 4.91. The van der Waals surface area contributed by atoms with E-state index in [9.17, 15) is 4.79 Å². The number of carbonyl (C=O) groups excluding carboxylic acids is 1. The minimum atomic E-state index is -0.177. The van der Waals surface area contributed by atoms with Gasteiger partial charge in [-0.05, 0) is 25.5 Å². The Labute approximate surface area is 137 Å². The Morgan fingerprint density at radius 2 is 1.74 bits per heavy atom. The van der Waals surface area contributed by atoms with Crippen LogP contribution in [0, 0.1) is 0 Å². The fourth-order valence-electron chi connectivity index (χ4n) is 2.61. The van der Waals surface area contributed by atoms with Gasteiger partial charge in [0, 0.05) is 18.4 Å². The summed E-state index contributed by atoms with van der Waals surface area (Å²) < 4.78 is 5.12. The number of carbonyl (C=O) groups is 1. The van der Waals surface area contributed by atoms with Gasteiger partial charge in [0.25, 0.3) is 5.91 Å². The summed E-state index contributed by atoms with van der Waals surface area (Å²) >= 11 is 0. The van der Waals surface area contributed by atoms with Gasteiger partial charge < -0.3 is 15.4 Å². The molecular weight excluding hydrogens is 288 g/mol. The summed E-state index contributed by atoms with van der Waals surface area (Å²) in [6.45, 7) is 4.58. The molecule has 2 atom stereocenters. The molecule has 0 aliphatic heterocycles. The molecule has 23 heavy (non-hydrogen) atoms. The Morgan fingerprint density at radius 3 is 2.43 bits per heavy atom. The lowest BCUT2D eigenvalue weighted by Crippen LogP contribution is -2.96. The Balaban J connectivity index is 2.10. The zero-order chi connectivity index (χ0) is 16.7. The van der Waals surface area contributed by atoms with Gasteiger partial charge in [-0.3, -0.25) is 4.79 Å². The molecule has 0 fully saturated rings. The molecule has 0 heterocycles. The third-order valence-electron chi connectivity index (χ3n) is 3.73. The average molecular weight is 313 g/mol. The molecule has 0 aliphatic rings. The van der Waals surface area contributed by atoms with Crippen molar-refractivity contribution < 1.29 is 14.8 Å². The number of methoxy groups -OCH3 is 1. The van der Waals surface area contributed by atoms with Gasteiger partial charge >= 0.3 is 0 Å². The highest BCUT2D eigenvalue weighted by Crippen LogP contribution is 2.27. The molecule has 0 bridgehead atoms. The summed E-state index contributed by atoms with van der Waals surface area (Å²) in [5.41, 5.74) is 2.95. The number of benzene rings is 2. The highest BCUT2D eigenvalue weighted by Gasteiger charge is 2.20. The van der Waals surface area contributed by atoms with Crippen LogP contribution in [0.25, 0.3) is 11.1 Å². The quantitative estimate of drug-likeness (QED) is 0.824. The van der Waals surface area contributed by atoms with Crippen molar-refractivity contribution in [2.24, 2.45) is 0 Å². The van der Waals surface area contributed by atoms with E-state index in [2.05, 4.69) is 5.32 Å². The van der Waals surface area contributed by atoms with E-state index in [0.29, 0.717) is 6.61 Å². The number of ether oxygens (including phenoxy) is 1. The van der Waals surface area contributed by atoms with Gasteiger partial charge in [-0.2, -0.15) is 0 Å². The van der Waals surface area contributed by atoms with Gasteiger partial charge in [0.15, 0.2) is 6.04 Å². The summed E-state index contributed by atoms with van der Waals surface area (Å²) in [4.78, 5) is 12.5. The first kappa shape index (κ1) is 17.2. The van der Waals surface area contributed by atoms with Gasteiger partial charge in [0.05, 0.1) is 6.61 Å². The normalized spacial score (nSPS) is 13.3. The Morgan fingerprint density at radius 1 is 1.09 bits per heavy atom. The minimum absolute atomic E-state index is 0.00339. The number of amides is 1. The molecule has 0 aromatic heterocycles. The lowest BCUT2D eigenvalue weighted by atomic mass is 10.0. The van der Waals surface area contributed by atoms with E-state index in [1.54, 1.807) is 7.11 Å². The van der Waals surface area contributed by atoms with Gasteiger partial charge in [-0.15, -0.1) is 0 Å². The molecule has 3 N–H and O–H groups in total. The zero-order valence-corrected chi connectivity index (χ0v) is 14.0. The number of nitrogens with two attached hydrogens (primary N) is 1. The maximum atomic E-state index is 12.5. The molecule has 0 spiro atoms. The van der Waals surface area contributed by atoms with Crippen molar-refractivity contribution in [3.63, 3.8) is 0 Å². The van der Waals surface area contributed by atoms with Gasteiger partial charge in [0.1, 0.15) is 6.04 Å². The molecule has 122 valence electrons. The molecule has 2 aromatic rings. The Hall–Kier alpha value is -2.17. The molecular formula is C19H25N2O2+. The van der Waals surface area contributed by atoms with Crippen LogP contribution in [0.3, 0.4) is 0 Å². The smallest absolute Gasteiger partial charge is 0.282 e. The fraction of sp³-hybridized carbons (Fsp3) is 0.316. The first-order chi connectivity index (χ1) is 11.1. The molecule has 0 saturated heterocycles. The number of anilines is 1. The second kappa shape index (κ2) is 8.46. The van der Waals surface area contributed by atoms with Crippen molar-refractivity contribution >= 4 is 11.6 Å². The first-order valence-electron chi connectivity index (χ1n) is 7.91. The van der Waals surface area contributed by atoms with E-state index in [1.165, 1.54) is 0 Å². The van der Waals surface area contributed by atoms with E-state index in [-0.39, 0.29) is 18.0 Å². The van der Waals surface area contributed by atoms with Gasteiger partial charge in [-0.1, -0.05) is 48.5 Å². The largest absolute Gasteiger partial charge is 0.379 e. The van der Waals surface area contributed by atoms with Gasteiger partial charge in [0.2, 0.25) is 0 Å². The standard InChI is InChI=1S/C19H24N2O2/c1-14(13-23-3)20-15(2)19(22)21-18-12-8-7-11-17(18)16-9-5-4-6-10-16/h4-12,14-15,20H,13H2,1-3H3,(H,21,22)/p+1/t14-,15+/m0/s1. The summed E-state index contributed by atoms with van der Waals surface area (Å²) in [6, 6.07) is 18.0. The third-order valence-corrected chi connectivity index (χ3v) is 3.73. The summed E-state index contributed by atoms with van der Waals surface area (Å²) in [5.74, 6) is -0.00339. The van der Waals surface area contributed by atoms with E-state index in [4.69, 9.17) is 4.74 Å². The van der Waals surface area contributed by atoms with Crippen LogP contribution in [0.15, 0.2) is 54.6 Å². The molecule has 0 saturated carbocycles. The number of para-hydroxylation sites is 1. The first-order valence-corrected chi connectivity index (χ1v) is 7.91. The molecule has 0 aliphatic carbocycles. The van der Waals surface area contributed by atoms with Gasteiger partial charge in [-0.25, -0.2) is 0 Å². The van der Waals surface area contributed by atoms with E-state index < -0.39 is 0 Å². The predicted molar refractivity (Wildman–Crippen MR) is 93.2 cm³/mol. The lowest BCUT2D eigenvalue weighted by molar-refractivity contribution is -0.704. The van der Waals surface area contributed by atoms with Crippen molar-refractivity contribution in [1.82, 2.24) is 0 Å². The fourth-order valence-corrected chi connectivity index (χ4v) is 2.61. The van der Waals surface area contributed by atoms with Crippen molar-refractivity contribution in [3.8, 4) is 11.1 Å². The van der Waals surface area contributed by atoms with Crippen LogP contribution in [-0.4, -0.2) is 31.7 Å². The predicted octanol–water partition coefficient (Wildman–Crippen LogP) is 2.28. The number of quaternary nitrogens is 1. The molecule has 0 unspecified atom stereocenters. The van der Waals surface area contributed by atoms with Crippen LogP contribution in [0.1, 0.15) is 13.8 Å². The highest BCUT2D eigenvalue weighted by molar-refractivity contribution is 5.97. The van der Waals surface area contributed by atoms with Crippen LogP contribution < -0.4 is 10.6 Å². The maximum Gasteiger partial charge on any atom is 0.282 e. The number of hydrogen-bond acceptors (Lipinski definition) is 2. The van der Waals surface area contributed by atoms with Crippen molar-refractivity contribution in [2.45, 2.75) is 25.9 Å². The highest BCUT2D eigenvalue weighted by atomic mass is 16.5. The molecule has 0 radical (unpaired) electrons. The van der Waals surface area contributed by atoms with Crippen LogP contribution in [0.4, 0.5) is 5.69 Å². The molecule has 4 heteroatoms. The summed E-state index contributed by atoms with van der Waals surface area (Å²) in [5, 5.41) is 5.06. The summed E-state index contributed by atoms with van der Waals surface area (Å²) in [7, 11) is 1.67. The van der Waals surface area contributed by atoms with E-state index in [0.717, 1.165) is 16.8 Å². The van der Waals surface area contributed by atoms with E-state index in [1.807, 2.05) is 73.8 Å². The zero-order valence-electron chi connectivity index (χ0n) is 14.0. The molecule has 4 nitrogen and oxygen atoms in total. The van der Waals surface area contributed by atoms with Crippen LogP contribution in [-0.2, 0) is 9.53 Å². The SMILES string of the molecule is COC[C@H](C)[NH2+][C@H](C)C(=O)Nc1ccccc1-c1ccccc1. The van der Waals surface area contributed by atoms with Crippen molar-refractivity contribution in [1.29, 1.82) is 0 Å². The average Bonchev–Trinajstić information content (AvgIpc) is 2.56. The van der Waals surface area contributed by atoms with Crippen LogP contribution in [0.2, 0.25) is 0 Å². The molecule has 2 rings (SSSR count). The number of rotatable bonds is 7. The Kier molecular flexibility index (Phi) is 6.32. The van der Waals surface area contributed by atoms with Crippen LogP contribution in [0.5, 0.6) is 0 Å². The Bertz CT molecular complexity index is 628. The molecule has 2 aromatic carbocycles. The van der Waals surface area contributed by atoms with Crippen molar-refractivity contribution in [3.05, 3.63) is 54.6 Å². The number of hydrogen-bond donors (Lipinski definition) is 2. The maximum absolute atomic E-state index is 12.5. The summed E-state index contributed by atoms with van der Waals surface area (Å²) in [6.07, 6.45) is 0. The van der Waals surface area contributed by atoms with E-state index >= 15 is 0 Å². The van der Waals surface area contributed by atoms with Crippen molar-refractivity contribution in [2.75, 3.05) is 19.0 Å². The minimum Gasteiger partial charge on any atom is -0.379 e. The second-order valence-electron chi connectivity index (χ2n) is 5.81.